The zero-order chi connectivity index (χ0) is 54.3. The molecule has 450 valence electrons. The van der Waals surface area contributed by atoms with E-state index in [-0.39, 0.29) is 113 Å². The second-order valence-corrected chi connectivity index (χ2v) is 17.9. The van der Waals surface area contributed by atoms with Gasteiger partial charge in [0.25, 0.3) is 35.4 Å². The first-order valence-corrected chi connectivity index (χ1v) is 25.6. The minimum absolute atomic E-state index is 0. The molecule has 0 saturated carbocycles. The number of anilines is 2. The highest BCUT2D eigenvalue weighted by molar-refractivity contribution is 8.00. The number of aryl methyl sites for hydroxylation is 2. The second-order valence-electron chi connectivity index (χ2n) is 14.9. The topological polar surface area (TPSA) is 238 Å². The Morgan fingerprint density at radius 2 is 0.817 bits per heavy atom. The fourth-order valence-corrected chi connectivity index (χ4v) is 7.52. The molecule has 8 rings (SSSR count). The first-order valence-electron chi connectivity index (χ1n) is 22.7. The predicted molar refractivity (Wildman–Crippen MR) is 343 cm³/mol. The van der Waals surface area contributed by atoms with Gasteiger partial charge in [0.05, 0.1) is 38.0 Å². The summed E-state index contributed by atoms with van der Waals surface area (Å²) in [7, 11) is 3.08. The van der Waals surface area contributed by atoms with Gasteiger partial charge in [-0.15, -0.1) is 0 Å². The number of rotatable bonds is 13. The summed E-state index contributed by atoms with van der Waals surface area (Å²) in [4.78, 5) is 114. The van der Waals surface area contributed by atoms with E-state index >= 15 is 0 Å². The third-order valence-corrected chi connectivity index (χ3v) is 12.1. The number of amides is 9. The number of aromatic nitrogens is 3. The highest BCUT2D eigenvalue weighted by Gasteiger charge is 2.25. The third-order valence-electron chi connectivity index (χ3n) is 9.30. The molecule has 0 bridgehead atoms. The molecule has 3 aliphatic heterocycles. The maximum absolute atomic E-state index is 11.7. The molecule has 0 unspecified atom stereocenters. The van der Waals surface area contributed by atoms with Gasteiger partial charge >= 0.3 is 0 Å². The van der Waals surface area contributed by atoms with Crippen molar-refractivity contribution in [2.75, 3.05) is 54.7 Å². The molecule has 3 aromatic heterocycles. The van der Waals surface area contributed by atoms with Crippen LogP contribution in [0.4, 0.5) is 11.4 Å². The maximum Gasteiger partial charge on any atom is 0.258 e. The summed E-state index contributed by atoms with van der Waals surface area (Å²) in [6.45, 7) is 8.79. The van der Waals surface area contributed by atoms with Gasteiger partial charge < -0.3 is 16.0 Å². The minimum Gasteiger partial charge on any atom is -0.358 e. The van der Waals surface area contributed by atoms with E-state index in [1.807, 2.05) is 112 Å². The summed E-state index contributed by atoms with van der Waals surface area (Å²) in [5, 5.41) is 10.7. The number of hydrogen-bond acceptors (Lipinski definition) is 15. The van der Waals surface area contributed by atoms with Crippen LogP contribution in [0.25, 0.3) is 0 Å². The number of benzene rings is 2. The van der Waals surface area contributed by atoms with Crippen LogP contribution in [0, 0.1) is 13.8 Å². The summed E-state index contributed by atoms with van der Waals surface area (Å²) in [6, 6.07) is 32.0. The van der Waals surface area contributed by atoms with E-state index in [0.29, 0.717) is 36.0 Å². The van der Waals surface area contributed by atoms with Crippen LogP contribution in [0.5, 0.6) is 0 Å². The zero-order valence-corrected chi connectivity index (χ0v) is 44.1. The van der Waals surface area contributed by atoms with Crippen molar-refractivity contribution in [1.29, 1.82) is 0 Å². The monoisotopic (exact) mass is 1190 g/mol. The highest BCUT2D eigenvalue weighted by Crippen LogP contribution is 2.19. The van der Waals surface area contributed by atoms with Crippen molar-refractivity contribution >= 4 is 99.8 Å². The number of likely N-dealkylation sites (N-methyl/N-ethyl adjacent to an activating group) is 2. The Kier molecular flexibility index (Phi) is 49.7. The molecule has 2 aromatic carbocycles. The van der Waals surface area contributed by atoms with Gasteiger partial charge in [-0.3, -0.25) is 53.0 Å². The van der Waals surface area contributed by atoms with Gasteiger partial charge in [0, 0.05) is 87.9 Å². The van der Waals surface area contributed by atoms with Crippen molar-refractivity contribution in [1.82, 2.24) is 35.4 Å². The van der Waals surface area contributed by atoms with Crippen molar-refractivity contribution < 1.29 is 43.2 Å². The Bertz CT molecular complexity index is 2700. The summed E-state index contributed by atoms with van der Waals surface area (Å²) in [5.74, 6) is -0.172. The van der Waals surface area contributed by atoms with Crippen molar-refractivity contribution in [3.05, 3.63) is 169 Å². The lowest BCUT2D eigenvalue weighted by Crippen LogP contribution is -2.29. The van der Waals surface area contributed by atoms with Gasteiger partial charge in [0.2, 0.25) is 17.7 Å². The lowest BCUT2D eigenvalue weighted by Gasteiger charge is -2.13. The largest absolute Gasteiger partial charge is 0.358 e. The molecule has 9 amide bonds. The van der Waals surface area contributed by atoms with Crippen molar-refractivity contribution in [2.24, 2.45) is 0 Å². The van der Waals surface area contributed by atoms with Crippen LogP contribution >= 0.6 is 35.3 Å². The molecule has 82 heavy (non-hydrogen) atoms. The molecule has 0 saturated heterocycles. The minimum atomic E-state index is -0.279. The molecule has 3 N–H and O–H groups in total. The Morgan fingerprint density at radius 1 is 0.463 bits per heavy atom. The number of pyridine rings is 3. The van der Waals surface area contributed by atoms with Crippen LogP contribution in [0.15, 0.2) is 173 Å². The molecule has 3 aliphatic rings. The Morgan fingerprint density at radius 3 is 1.13 bits per heavy atom. The first-order chi connectivity index (χ1) is 35.5. The number of carbonyl (C=O) groups excluding carboxylic acids is 9. The number of thioether (sulfide) groups is 3. The van der Waals surface area contributed by atoms with Gasteiger partial charge in [-0.05, 0) is 88.4 Å². The predicted octanol–water partition coefficient (Wildman–Crippen LogP) is 11.3. The van der Waals surface area contributed by atoms with Crippen LogP contribution in [-0.2, 0) is 43.2 Å². The van der Waals surface area contributed by atoms with Gasteiger partial charge in [-0.1, -0.05) is 148 Å². The number of hydrogen-bond donors (Lipinski definition) is 3. The van der Waals surface area contributed by atoms with Crippen LogP contribution in [0.1, 0.15) is 84.4 Å². The summed E-state index contributed by atoms with van der Waals surface area (Å²) < 4.78 is 0. The van der Waals surface area contributed by atoms with Gasteiger partial charge in [0.15, 0.2) is 0 Å². The van der Waals surface area contributed by atoms with Gasteiger partial charge in [-0.2, -0.15) is 0 Å². The number of nitrogens with one attached hydrogen (secondary N) is 3. The van der Waals surface area contributed by atoms with Crippen molar-refractivity contribution in [3.8, 4) is 0 Å². The molecule has 21 heteroatoms. The second kappa shape index (κ2) is 47.8. The van der Waals surface area contributed by atoms with Crippen LogP contribution in [0.3, 0.4) is 0 Å². The van der Waals surface area contributed by atoms with Crippen LogP contribution < -0.4 is 20.9 Å². The Labute approximate surface area is 501 Å². The van der Waals surface area contributed by atoms with Gasteiger partial charge in [-0.25, -0.2) is 19.9 Å². The molecule has 18 nitrogen and oxygen atoms in total. The number of imide groups is 3. The van der Waals surface area contributed by atoms with Gasteiger partial charge in [0.1, 0.15) is 0 Å². The van der Waals surface area contributed by atoms with E-state index in [2.05, 4.69) is 30.9 Å². The molecule has 0 fully saturated rings. The Balaban J connectivity index is -0.000000211. The lowest BCUT2D eigenvalue weighted by molar-refractivity contribution is -0.137. The molecule has 5 aromatic rings. The fraction of sp³-hybridized carbons (Fsp3) is 0.311. The molecule has 0 atom stereocenters. The number of carbonyl (C=O) groups is 9. The SMILES string of the molecule is C.C.C.C.C.C.C.C.CCN1C(=O)C=CC1=O.CCNC(=O)CSc1ccccn1.CN1C(=O)C=CC1=O.CNC(=O)CSc1ccccn1.Cc1ccc(N2C(=O)C=CC2=O)cc1.Cc1ccc(NC(=O)CSc2ccccn2)cc1. The van der Waals surface area contributed by atoms with E-state index in [0.717, 1.165) is 36.1 Å². The maximum atomic E-state index is 11.7. The standard InChI is InChI=1S/C14H14N2OS.C11H9NO2.C9H12N2OS.C8H10N2OS.C6H7NO2.C5H5NO2.8CH4/c1-11-5-7-12(8-6-11)16-13(17)10-18-14-4-2-3-9-15-14;1-8-2-4-9(5-3-8)12-10(13)6-7-11(12)14;1-2-10-8(12)7-13-9-5-3-4-6-11-9;1-9-7(11)6-12-8-4-2-3-5-10-8;1-2-7-5(8)3-4-6(7)9;1-6-4(7)2-3-5(6)8;;;;;;;;/h2-9H,10H2,1H3,(H,16,17);2-7H,1H3;3-6H,2,7H2,1H3,(H,10,12);2-5H,6H2,1H3,(H,9,11);3-4H,2H2,1H3;2-3H,1H3;8*1H4. The molecule has 0 spiro atoms. The number of nitrogens with zero attached hydrogens (tertiary/aromatic N) is 6. The fourth-order valence-electron chi connectivity index (χ4n) is 5.44. The normalized spacial score (nSPS) is 11.5. The molecular weight excluding hydrogens is 1100 g/mol. The van der Waals surface area contributed by atoms with E-state index in [9.17, 15) is 43.2 Å². The van der Waals surface area contributed by atoms with Crippen LogP contribution in [-0.4, -0.2) is 122 Å². The van der Waals surface area contributed by atoms with Crippen LogP contribution in [0.2, 0.25) is 0 Å². The lowest BCUT2D eigenvalue weighted by atomic mass is 10.2. The molecular formula is C61H89N9O9S3. The molecule has 0 aliphatic carbocycles. The third kappa shape index (κ3) is 32.9. The van der Waals surface area contributed by atoms with Crippen molar-refractivity contribution in [2.45, 2.75) is 102 Å². The summed E-state index contributed by atoms with van der Waals surface area (Å²) in [5.41, 5.74) is 3.72. The van der Waals surface area contributed by atoms with E-state index in [1.165, 1.54) is 89.3 Å². The summed E-state index contributed by atoms with van der Waals surface area (Å²) >= 11 is 4.30. The van der Waals surface area contributed by atoms with Crippen molar-refractivity contribution in [3.63, 3.8) is 0 Å². The molecule has 0 radical (unpaired) electrons. The first kappa shape index (κ1) is 85.3. The molecule has 6 heterocycles. The average Bonchev–Trinajstić information content (AvgIpc) is 4.05. The Hall–Kier alpha value is -8.01. The smallest absolute Gasteiger partial charge is 0.258 e. The quantitative estimate of drug-likeness (QED) is 0.0734. The summed E-state index contributed by atoms with van der Waals surface area (Å²) in [6.07, 6.45) is 12.8. The van der Waals surface area contributed by atoms with E-state index < -0.39 is 0 Å². The van der Waals surface area contributed by atoms with E-state index in [1.54, 1.807) is 44.7 Å². The highest BCUT2D eigenvalue weighted by atomic mass is 32.2. The average molecular weight is 1190 g/mol. The van der Waals surface area contributed by atoms with E-state index in [4.69, 9.17) is 0 Å². The zero-order valence-electron chi connectivity index (χ0n) is 41.6.